The summed E-state index contributed by atoms with van der Waals surface area (Å²) in [6, 6.07) is 0.768. The summed E-state index contributed by atoms with van der Waals surface area (Å²) < 4.78 is 22.0. The summed E-state index contributed by atoms with van der Waals surface area (Å²) in [6.07, 6.45) is 12.6. The van der Waals surface area contributed by atoms with E-state index in [1.807, 2.05) is 0 Å². The maximum atomic E-state index is 11.5. The summed E-state index contributed by atoms with van der Waals surface area (Å²) in [4.78, 5) is 39.3. The van der Waals surface area contributed by atoms with Gasteiger partial charge >= 0.3 is 11.9 Å². The topological polar surface area (TPSA) is 185 Å². The third-order valence-electron chi connectivity index (χ3n) is 7.26. The highest BCUT2D eigenvalue weighted by molar-refractivity contribution is 9.11. The van der Waals surface area contributed by atoms with Crippen molar-refractivity contribution in [3.05, 3.63) is 26.2 Å². The molecule has 280 valence electrons. The molecule has 2 aliphatic carbocycles. The Balaban J connectivity index is 0.000000763. The zero-order chi connectivity index (χ0) is 34.6. The van der Waals surface area contributed by atoms with E-state index in [0.29, 0.717) is 68.8 Å². The van der Waals surface area contributed by atoms with Crippen molar-refractivity contribution in [2.24, 2.45) is 5.73 Å². The molecule has 2 fully saturated rings. The Hall–Kier alpha value is -1.89. The van der Waals surface area contributed by atoms with Crippen LogP contribution in [0.3, 0.4) is 0 Å². The summed E-state index contributed by atoms with van der Waals surface area (Å²) in [7, 11) is 3.54. The highest BCUT2D eigenvalue weighted by Gasteiger charge is 2.22. The molecule has 0 saturated heterocycles. The highest BCUT2D eigenvalue weighted by atomic mass is 79.9. The number of hydrogen-bond acceptors (Lipinski definition) is 14. The smallest absolute Gasteiger partial charge is 0.325 e. The van der Waals surface area contributed by atoms with E-state index < -0.39 is 0 Å². The maximum Gasteiger partial charge on any atom is 0.325 e. The lowest BCUT2D eigenvalue weighted by Gasteiger charge is -2.29. The van der Waals surface area contributed by atoms with Crippen LogP contribution in [-0.2, 0) is 28.5 Å². The van der Waals surface area contributed by atoms with Crippen molar-refractivity contribution in [1.82, 2.24) is 19.9 Å². The number of rotatable bonds is 12. The van der Waals surface area contributed by atoms with Crippen molar-refractivity contribution in [3.63, 3.8) is 0 Å². The number of nitrogens with one attached hydrogen (secondary N) is 3. The van der Waals surface area contributed by atoms with Crippen molar-refractivity contribution in [3.8, 4) is 0 Å². The molecule has 0 unspecified atom stereocenters. The Labute approximate surface area is 321 Å². The molecule has 0 radical (unpaired) electrons. The zero-order valence-electron chi connectivity index (χ0n) is 27.8. The van der Waals surface area contributed by atoms with E-state index >= 15 is 0 Å². The van der Waals surface area contributed by atoms with E-state index in [1.54, 1.807) is 34.3 Å². The number of nitrogens with zero attached hydrogens (tertiary/aromatic N) is 4. The van der Waals surface area contributed by atoms with Gasteiger partial charge in [0.05, 0.1) is 37.8 Å². The lowest BCUT2D eigenvalue weighted by atomic mass is 9.93. The molecule has 2 aromatic rings. The fourth-order valence-corrected chi connectivity index (χ4v) is 5.99. The Kier molecular flexibility index (Phi) is 25.8. The molecule has 18 heteroatoms. The number of esters is 2. The van der Waals surface area contributed by atoms with Gasteiger partial charge in [0.2, 0.25) is 0 Å². The molecule has 0 aromatic carbocycles. The summed E-state index contributed by atoms with van der Waals surface area (Å²) in [6.45, 7) is 4.40. The molecule has 0 atom stereocenters. The number of halogens is 4. The second-order valence-corrected chi connectivity index (χ2v) is 13.0. The van der Waals surface area contributed by atoms with Gasteiger partial charge in [0.25, 0.3) is 0 Å². The first-order valence-electron chi connectivity index (χ1n) is 15.7. The predicted molar refractivity (Wildman–Crippen MR) is 205 cm³/mol. The first-order chi connectivity index (χ1) is 22.6. The molecule has 49 heavy (non-hydrogen) atoms. The van der Waals surface area contributed by atoms with Crippen molar-refractivity contribution < 1.29 is 28.5 Å². The van der Waals surface area contributed by atoms with Crippen LogP contribution in [0, 0.1) is 0 Å². The van der Waals surface area contributed by atoms with Crippen molar-refractivity contribution in [2.75, 3.05) is 56.5 Å². The minimum atomic E-state index is -0.325. The highest BCUT2D eigenvalue weighted by Crippen LogP contribution is 2.26. The Morgan fingerprint density at radius 3 is 1.67 bits per heavy atom. The van der Waals surface area contributed by atoms with Gasteiger partial charge in [-0.1, -0.05) is 7.43 Å². The number of aromatic nitrogens is 4. The monoisotopic (exact) mass is 904 g/mol. The molecule has 0 aliphatic heterocycles. The molecular weight excluding hydrogens is 856 g/mol. The molecule has 2 aliphatic rings. The quantitative estimate of drug-likeness (QED) is 0.169. The van der Waals surface area contributed by atoms with Gasteiger partial charge in [-0.3, -0.25) is 9.59 Å². The van der Waals surface area contributed by atoms with Gasteiger partial charge in [0.15, 0.2) is 17.5 Å². The standard InChI is InChI=1S/C15H23BrN4O3.C8H9Br2N3O2.C7H15NO.CH4.ClH/c1-3-23-13(21)9-18-14-15(20-12(16)8-17-14)19-10-4-6-11(22-2)7-5-10;1-2-15-6(14)4-12-8-7(10)13-5(9)3-11-8;1-9-7-4-2-6(8)3-5-7;;/h8,10-11H,3-7,9H2,1-2H3,(H,17,18)(H,19,20);3H,2,4H2,1H3,(H,11,12);6-7H,2-5,8H2,1H3;1H4;1H. The Bertz CT molecular complexity index is 1230. The van der Waals surface area contributed by atoms with Gasteiger partial charge in [-0.05, 0) is 113 Å². The number of nitrogens with two attached hydrogens (primary N) is 1. The van der Waals surface area contributed by atoms with Crippen LogP contribution in [0.15, 0.2) is 26.2 Å². The fourth-order valence-electron chi connectivity index (χ4n) is 4.76. The molecule has 4 rings (SSSR count). The third kappa shape index (κ3) is 19.3. The molecule has 5 N–H and O–H groups in total. The second kappa shape index (κ2) is 26.9. The SMILES string of the molecule is C.CCOC(=O)CNc1ncc(Br)nc1Br.CCOC(=O)CNc1ncc(Br)nc1NC1CCC(OC)CC1.COC1CCC(N)CC1.Cl. The predicted octanol–water partition coefficient (Wildman–Crippen LogP) is 6.52. The van der Waals surface area contributed by atoms with Crippen LogP contribution in [-0.4, -0.2) is 96.7 Å². The van der Waals surface area contributed by atoms with E-state index in [2.05, 4.69) is 83.7 Å². The summed E-state index contributed by atoms with van der Waals surface area (Å²) in [5.41, 5.74) is 5.70. The van der Waals surface area contributed by atoms with Crippen LogP contribution >= 0.6 is 60.2 Å². The van der Waals surface area contributed by atoms with Gasteiger partial charge in [-0.2, -0.15) is 0 Å². The average molecular weight is 908 g/mol. The molecule has 2 aromatic heterocycles. The van der Waals surface area contributed by atoms with Crippen LogP contribution < -0.4 is 21.7 Å². The summed E-state index contributed by atoms with van der Waals surface area (Å²) in [5, 5.41) is 9.20. The largest absolute Gasteiger partial charge is 0.465 e. The normalized spacial score (nSPS) is 19.5. The van der Waals surface area contributed by atoms with Gasteiger partial charge in [0.1, 0.15) is 26.9 Å². The van der Waals surface area contributed by atoms with Crippen LogP contribution in [0.25, 0.3) is 0 Å². The number of hydrogen-bond donors (Lipinski definition) is 4. The second-order valence-electron chi connectivity index (χ2n) is 10.7. The van der Waals surface area contributed by atoms with Gasteiger partial charge in [-0.25, -0.2) is 19.9 Å². The molecule has 0 bridgehead atoms. The van der Waals surface area contributed by atoms with Crippen LogP contribution in [0.1, 0.15) is 72.6 Å². The lowest BCUT2D eigenvalue weighted by molar-refractivity contribution is -0.141. The number of anilines is 3. The summed E-state index contributed by atoms with van der Waals surface area (Å²) >= 11 is 9.73. The van der Waals surface area contributed by atoms with Gasteiger partial charge < -0.3 is 40.6 Å². The number of carbonyl (C=O) groups excluding carboxylic acids is 2. The first kappa shape index (κ1) is 47.1. The Morgan fingerprint density at radius 1 is 0.755 bits per heavy atom. The van der Waals surface area contributed by atoms with Crippen molar-refractivity contribution in [1.29, 1.82) is 0 Å². The van der Waals surface area contributed by atoms with Crippen LogP contribution in [0.4, 0.5) is 17.5 Å². The first-order valence-corrected chi connectivity index (χ1v) is 18.0. The van der Waals surface area contributed by atoms with E-state index in [1.165, 1.54) is 6.20 Å². The van der Waals surface area contributed by atoms with E-state index in [0.717, 1.165) is 51.4 Å². The lowest BCUT2D eigenvalue weighted by Crippen LogP contribution is -2.30. The van der Waals surface area contributed by atoms with Crippen molar-refractivity contribution in [2.45, 2.75) is 96.9 Å². The molecule has 2 heterocycles. The molecule has 0 amide bonds. The molecule has 2 saturated carbocycles. The number of carbonyl (C=O) groups is 2. The zero-order valence-corrected chi connectivity index (χ0v) is 33.4. The number of ether oxygens (including phenoxy) is 4. The van der Waals surface area contributed by atoms with Crippen molar-refractivity contribution >= 4 is 89.6 Å². The average Bonchev–Trinajstić information content (AvgIpc) is 3.06. The van der Waals surface area contributed by atoms with Gasteiger partial charge in [-0.15, -0.1) is 12.4 Å². The maximum absolute atomic E-state index is 11.5. The minimum absolute atomic E-state index is 0. The molecule has 14 nitrogen and oxygen atoms in total. The van der Waals surface area contributed by atoms with Gasteiger partial charge in [0, 0.05) is 26.3 Å². The van der Waals surface area contributed by atoms with Crippen LogP contribution in [0.5, 0.6) is 0 Å². The summed E-state index contributed by atoms with van der Waals surface area (Å²) in [5.74, 6) is 1.06. The molecular formula is C31H52Br3ClN8O6. The number of methoxy groups -OCH3 is 2. The third-order valence-corrected chi connectivity index (χ3v) is 8.57. The van der Waals surface area contributed by atoms with E-state index in [9.17, 15) is 9.59 Å². The molecule has 0 spiro atoms. The fraction of sp³-hybridized carbons (Fsp3) is 0.677. The Morgan fingerprint density at radius 2 is 1.20 bits per heavy atom. The van der Waals surface area contributed by atoms with E-state index in [-0.39, 0.29) is 44.9 Å². The minimum Gasteiger partial charge on any atom is -0.465 e. The van der Waals surface area contributed by atoms with E-state index in [4.69, 9.17) is 24.7 Å². The van der Waals surface area contributed by atoms with Crippen LogP contribution in [0.2, 0.25) is 0 Å².